The molecule has 12 rings (SSSR count). The highest BCUT2D eigenvalue weighted by Gasteiger charge is 2.23. The van der Waals surface area contributed by atoms with Gasteiger partial charge in [0.05, 0.1) is 20.8 Å². The number of thiophene rings is 3. The summed E-state index contributed by atoms with van der Waals surface area (Å²) in [6.45, 7) is 0. The maximum absolute atomic E-state index is 2.52. The summed E-state index contributed by atoms with van der Waals surface area (Å²) in [6.07, 6.45) is 0. The van der Waals surface area contributed by atoms with Gasteiger partial charge in [-0.15, -0.1) is 34.0 Å². The van der Waals surface area contributed by atoms with E-state index in [1.807, 2.05) is 34.0 Å². The largest absolute Gasteiger partial charge is 0.308 e. The number of rotatable bonds is 4. The maximum Gasteiger partial charge on any atom is 0.0640 e. The molecule has 252 valence electrons. The third-order valence-corrected chi connectivity index (χ3v) is 14.6. The van der Waals surface area contributed by atoms with Crippen LogP contribution >= 0.6 is 34.0 Å². The van der Waals surface area contributed by atoms with Gasteiger partial charge in [-0.05, 0) is 87.3 Å². The van der Waals surface area contributed by atoms with Crippen molar-refractivity contribution >= 4 is 133 Å². The van der Waals surface area contributed by atoms with Gasteiger partial charge in [0.2, 0.25) is 0 Å². The van der Waals surface area contributed by atoms with Crippen molar-refractivity contribution in [2.75, 3.05) is 4.90 Å². The minimum absolute atomic E-state index is 1.14. The normalized spacial score (nSPS) is 12.1. The lowest BCUT2D eigenvalue weighted by Crippen LogP contribution is -2.10. The molecule has 0 atom stereocenters. The minimum atomic E-state index is 1.14. The van der Waals surface area contributed by atoms with Crippen molar-refractivity contribution in [2.45, 2.75) is 0 Å². The van der Waals surface area contributed by atoms with E-state index in [0.29, 0.717) is 0 Å². The quantitative estimate of drug-likeness (QED) is 0.174. The molecule has 0 aliphatic carbocycles. The summed E-state index contributed by atoms with van der Waals surface area (Å²) >= 11 is 5.73. The molecule has 0 spiro atoms. The molecule has 0 saturated carbocycles. The highest BCUT2D eigenvalue weighted by Crippen LogP contribution is 2.51. The third kappa shape index (κ3) is 4.55. The van der Waals surface area contributed by atoms with Gasteiger partial charge < -0.3 is 4.90 Å². The molecule has 0 fully saturated rings. The predicted octanol–water partition coefficient (Wildman–Crippen LogP) is 16.2. The molecule has 3 aromatic heterocycles. The van der Waals surface area contributed by atoms with Crippen LogP contribution in [0.3, 0.4) is 0 Å². The molecular formula is C50H29NS3. The van der Waals surface area contributed by atoms with Gasteiger partial charge in [-0.2, -0.15) is 0 Å². The second-order valence-electron chi connectivity index (χ2n) is 14.1. The first-order chi connectivity index (χ1) is 26.7. The molecule has 0 radical (unpaired) electrons. The molecule has 1 nitrogen and oxygen atoms in total. The van der Waals surface area contributed by atoms with Gasteiger partial charge in [-0.1, -0.05) is 121 Å². The Morgan fingerprint density at radius 2 is 0.926 bits per heavy atom. The first-order valence-electron chi connectivity index (χ1n) is 18.2. The molecule has 54 heavy (non-hydrogen) atoms. The molecule has 3 heterocycles. The minimum Gasteiger partial charge on any atom is -0.308 e. The molecule has 0 amide bonds. The second kappa shape index (κ2) is 11.7. The number of anilines is 3. The number of hydrogen-bond acceptors (Lipinski definition) is 4. The topological polar surface area (TPSA) is 3.24 Å². The third-order valence-electron chi connectivity index (χ3n) is 11.0. The van der Waals surface area contributed by atoms with Crippen LogP contribution in [0.2, 0.25) is 0 Å². The molecule has 0 aliphatic heterocycles. The second-order valence-corrected chi connectivity index (χ2v) is 17.2. The lowest BCUT2D eigenvalue weighted by molar-refractivity contribution is 1.32. The fourth-order valence-electron chi connectivity index (χ4n) is 8.45. The van der Waals surface area contributed by atoms with Crippen molar-refractivity contribution in [1.82, 2.24) is 0 Å². The van der Waals surface area contributed by atoms with Gasteiger partial charge in [0, 0.05) is 56.8 Å². The van der Waals surface area contributed by atoms with E-state index in [9.17, 15) is 0 Å². The van der Waals surface area contributed by atoms with Crippen molar-refractivity contribution in [3.05, 3.63) is 176 Å². The average Bonchev–Trinajstić information content (AvgIpc) is 3.92. The molecule has 0 unspecified atom stereocenters. The van der Waals surface area contributed by atoms with Crippen molar-refractivity contribution < 1.29 is 0 Å². The van der Waals surface area contributed by atoms with E-state index in [1.54, 1.807) is 0 Å². The standard InChI is InChI=1S/C50H29NS3/c1-2-10-32-27-35(20-19-30(32)9-1)31-21-23-36(24-22-31)51(42-16-8-15-38-41-28-33-11-3-4-12-34(33)29-46(41)53-48(38)42)43-17-7-14-37-39-25-26-45-47(50(39)54-49(37)43)40-13-5-6-18-44(40)52-45/h1-29H. The van der Waals surface area contributed by atoms with Crippen molar-refractivity contribution in [3.63, 3.8) is 0 Å². The fourth-order valence-corrected chi connectivity index (χ4v) is 12.2. The van der Waals surface area contributed by atoms with Crippen LogP contribution in [0.25, 0.3) is 93.2 Å². The van der Waals surface area contributed by atoms with Crippen LogP contribution in [0, 0.1) is 0 Å². The zero-order valence-corrected chi connectivity index (χ0v) is 31.4. The Morgan fingerprint density at radius 1 is 0.315 bits per heavy atom. The first-order valence-corrected chi connectivity index (χ1v) is 20.7. The van der Waals surface area contributed by atoms with E-state index in [0.717, 1.165) is 5.69 Å². The summed E-state index contributed by atoms with van der Waals surface area (Å²) in [5.41, 5.74) is 5.99. The molecule has 9 aromatic carbocycles. The van der Waals surface area contributed by atoms with Crippen LogP contribution in [-0.2, 0) is 0 Å². The maximum atomic E-state index is 2.52. The fraction of sp³-hybridized carbons (Fsp3) is 0. The molecule has 0 N–H and O–H groups in total. The first kappa shape index (κ1) is 30.4. The van der Waals surface area contributed by atoms with Crippen molar-refractivity contribution in [2.24, 2.45) is 0 Å². The molecule has 4 heteroatoms. The Hall–Kier alpha value is -6.04. The SMILES string of the molecule is c1ccc2cc(-c3ccc(N(c4cccc5c4sc4cc6ccccc6cc45)c4cccc5c4sc4c5ccc5sc6ccccc6c54)cc3)ccc2c1. The van der Waals surface area contributed by atoms with E-state index in [1.165, 1.54) is 105 Å². The number of nitrogens with zero attached hydrogens (tertiary/aromatic N) is 1. The monoisotopic (exact) mass is 739 g/mol. The summed E-state index contributed by atoms with van der Waals surface area (Å²) in [5.74, 6) is 0. The predicted molar refractivity (Wildman–Crippen MR) is 240 cm³/mol. The van der Waals surface area contributed by atoms with Gasteiger partial charge in [-0.3, -0.25) is 0 Å². The number of fused-ring (bicyclic) bond motifs is 12. The highest BCUT2D eigenvalue weighted by atomic mass is 32.1. The van der Waals surface area contributed by atoms with Crippen LogP contribution in [0.1, 0.15) is 0 Å². The zero-order valence-electron chi connectivity index (χ0n) is 28.9. The molecule has 0 bridgehead atoms. The van der Waals surface area contributed by atoms with Crippen LogP contribution in [0.15, 0.2) is 176 Å². The molecular weight excluding hydrogens is 711 g/mol. The summed E-state index contributed by atoms with van der Waals surface area (Å²) in [5, 5.41) is 13.0. The van der Waals surface area contributed by atoms with E-state index in [-0.39, 0.29) is 0 Å². The van der Waals surface area contributed by atoms with E-state index >= 15 is 0 Å². The lowest BCUT2D eigenvalue weighted by Gasteiger charge is -2.27. The molecule has 0 saturated heterocycles. The van der Waals surface area contributed by atoms with Crippen LogP contribution in [0.5, 0.6) is 0 Å². The zero-order chi connectivity index (χ0) is 35.3. The Kier molecular flexibility index (Phi) is 6.61. The summed E-state index contributed by atoms with van der Waals surface area (Å²) < 4.78 is 7.97. The summed E-state index contributed by atoms with van der Waals surface area (Å²) in [4.78, 5) is 2.52. The summed E-state index contributed by atoms with van der Waals surface area (Å²) in [6, 6.07) is 65.3. The van der Waals surface area contributed by atoms with E-state index in [2.05, 4.69) is 181 Å². The van der Waals surface area contributed by atoms with Gasteiger partial charge in [0.15, 0.2) is 0 Å². The smallest absolute Gasteiger partial charge is 0.0640 e. The number of hydrogen-bond donors (Lipinski definition) is 0. The van der Waals surface area contributed by atoms with Crippen LogP contribution in [-0.4, -0.2) is 0 Å². The van der Waals surface area contributed by atoms with Gasteiger partial charge in [-0.25, -0.2) is 0 Å². The average molecular weight is 740 g/mol. The van der Waals surface area contributed by atoms with Crippen LogP contribution in [0.4, 0.5) is 17.1 Å². The lowest BCUT2D eigenvalue weighted by atomic mass is 10.0. The highest BCUT2D eigenvalue weighted by molar-refractivity contribution is 7.30. The Balaban J connectivity index is 1.11. The molecule has 0 aliphatic rings. The Labute approximate surface area is 323 Å². The van der Waals surface area contributed by atoms with E-state index in [4.69, 9.17) is 0 Å². The van der Waals surface area contributed by atoms with Gasteiger partial charge in [0.25, 0.3) is 0 Å². The summed E-state index contributed by atoms with van der Waals surface area (Å²) in [7, 11) is 0. The molecule has 12 aromatic rings. The van der Waals surface area contributed by atoms with Gasteiger partial charge in [0.1, 0.15) is 0 Å². The van der Waals surface area contributed by atoms with E-state index < -0.39 is 0 Å². The Bertz CT molecular complexity index is 3450. The van der Waals surface area contributed by atoms with Gasteiger partial charge >= 0.3 is 0 Å². The van der Waals surface area contributed by atoms with Crippen LogP contribution < -0.4 is 4.90 Å². The van der Waals surface area contributed by atoms with Crippen molar-refractivity contribution in [3.8, 4) is 11.1 Å². The Morgan fingerprint density at radius 3 is 1.72 bits per heavy atom. The number of benzene rings is 9. The van der Waals surface area contributed by atoms with Crippen molar-refractivity contribution in [1.29, 1.82) is 0 Å².